The molecule has 210 valence electrons. The second-order valence-electron chi connectivity index (χ2n) is 10.9. The highest BCUT2D eigenvalue weighted by Gasteiger charge is 2.31. The zero-order valence-electron chi connectivity index (χ0n) is 22.9. The number of hydrogen-bond acceptors (Lipinski definition) is 8. The number of hydrogen-bond donors (Lipinski definition) is 8. The third-order valence-electron chi connectivity index (χ3n) is 7.58. The van der Waals surface area contributed by atoms with Gasteiger partial charge in [0.15, 0.2) is 0 Å². The zero-order chi connectivity index (χ0) is 26.5. The monoisotopic (exact) mass is 542 g/mol. The highest BCUT2D eigenvalue weighted by Crippen LogP contribution is 2.12. The van der Waals surface area contributed by atoms with Crippen molar-refractivity contribution in [2.24, 2.45) is 0 Å². The summed E-state index contributed by atoms with van der Waals surface area (Å²) in [6.07, 6.45) is 0. The van der Waals surface area contributed by atoms with Gasteiger partial charge in [0.1, 0.15) is 0 Å². The predicted molar refractivity (Wildman–Crippen MR) is 159 cm³/mol. The Kier molecular flexibility index (Phi) is 11.8. The first-order chi connectivity index (χ1) is 18.6. The fourth-order valence-electron chi connectivity index (χ4n) is 5.13. The van der Waals surface area contributed by atoms with Crippen LogP contribution in [0.4, 0.5) is 0 Å². The van der Waals surface area contributed by atoms with E-state index in [9.17, 15) is 0 Å². The minimum Gasteiger partial charge on any atom is -0.314 e. The molecule has 8 N–H and O–H groups in total. The molecule has 9 heteroatoms. The summed E-state index contributed by atoms with van der Waals surface area (Å²) < 4.78 is 0. The molecule has 2 aromatic rings. The van der Waals surface area contributed by atoms with E-state index in [2.05, 4.69) is 85.9 Å². The van der Waals surface area contributed by atoms with Crippen molar-refractivity contribution in [3.8, 4) is 0 Å². The first kappa shape index (κ1) is 29.4. The number of rotatable bonds is 6. The summed E-state index contributed by atoms with van der Waals surface area (Å²) in [6, 6.07) is 17.0. The van der Waals surface area contributed by atoms with Crippen molar-refractivity contribution in [3.05, 3.63) is 70.2 Å². The smallest absolute Gasteiger partial charge is 0.0561 e. The number of fused-ring (bicyclic) bond motifs is 15. The van der Waals surface area contributed by atoms with Crippen LogP contribution < -0.4 is 42.5 Å². The first-order valence-corrected chi connectivity index (χ1v) is 14.5. The van der Waals surface area contributed by atoms with Crippen LogP contribution in [0.25, 0.3) is 0 Å². The maximum atomic E-state index is 6.10. The maximum absolute atomic E-state index is 6.10. The van der Waals surface area contributed by atoms with Crippen molar-refractivity contribution in [1.29, 1.82) is 0 Å². The Balaban J connectivity index is 1.43. The number of benzene rings is 2. The molecular formula is C29H47ClN8. The largest absolute Gasteiger partial charge is 0.314 e. The molecule has 8 nitrogen and oxygen atoms in total. The van der Waals surface area contributed by atoms with Crippen LogP contribution in [0.5, 0.6) is 0 Å². The Morgan fingerprint density at radius 2 is 0.868 bits per heavy atom. The van der Waals surface area contributed by atoms with Gasteiger partial charge >= 0.3 is 0 Å². The highest BCUT2D eigenvalue weighted by molar-refractivity contribution is 6.30. The van der Waals surface area contributed by atoms with Crippen molar-refractivity contribution in [2.75, 3.05) is 78.5 Å². The van der Waals surface area contributed by atoms with Gasteiger partial charge in [-0.15, -0.1) is 0 Å². The Morgan fingerprint density at radius 3 is 1.21 bits per heavy atom. The topological polar surface area (TPSA) is 96.2 Å². The SMILES string of the molecule is Cc1ccc(CNC23CNCCNCC(NCc4ccc(Cl)cc4)(CNCCNC2)CNCCNC3)cc1. The first-order valence-electron chi connectivity index (χ1n) is 14.1. The van der Waals surface area contributed by atoms with Crippen molar-refractivity contribution in [3.63, 3.8) is 0 Å². The van der Waals surface area contributed by atoms with Gasteiger partial charge in [0.05, 0.1) is 11.1 Å². The lowest BCUT2D eigenvalue weighted by molar-refractivity contribution is 0.253. The second kappa shape index (κ2) is 15.3. The molecule has 0 unspecified atom stereocenters. The van der Waals surface area contributed by atoms with Crippen LogP contribution in [-0.2, 0) is 13.1 Å². The molecule has 3 aliphatic heterocycles. The quantitative estimate of drug-likeness (QED) is 0.268. The second-order valence-corrected chi connectivity index (χ2v) is 11.4. The molecule has 5 rings (SSSR count). The van der Waals surface area contributed by atoms with Crippen LogP contribution in [0.1, 0.15) is 16.7 Å². The Hall–Kier alpha value is -1.59. The summed E-state index contributed by atoms with van der Waals surface area (Å²) in [5.41, 5.74) is 3.64. The molecule has 3 heterocycles. The van der Waals surface area contributed by atoms with Crippen molar-refractivity contribution in [2.45, 2.75) is 31.1 Å². The molecular weight excluding hydrogens is 496 g/mol. The Labute approximate surface area is 233 Å². The molecule has 2 bridgehead atoms. The summed E-state index contributed by atoms with van der Waals surface area (Å²) in [4.78, 5) is 0. The van der Waals surface area contributed by atoms with Crippen LogP contribution in [0.3, 0.4) is 0 Å². The molecule has 3 aliphatic rings. The maximum Gasteiger partial charge on any atom is 0.0561 e. The molecule has 0 radical (unpaired) electrons. The molecule has 3 fully saturated rings. The lowest BCUT2D eigenvalue weighted by Crippen LogP contribution is -2.66. The number of halogens is 1. The summed E-state index contributed by atoms with van der Waals surface area (Å²) in [5.74, 6) is 0. The molecule has 0 saturated carbocycles. The van der Waals surface area contributed by atoms with Crippen LogP contribution >= 0.6 is 11.6 Å². The van der Waals surface area contributed by atoms with Crippen LogP contribution in [-0.4, -0.2) is 89.6 Å². The fourth-order valence-corrected chi connectivity index (χ4v) is 5.26. The molecule has 0 amide bonds. The third-order valence-corrected chi connectivity index (χ3v) is 7.84. The van der Waals surface area contributed by atoms with E-state index in [0.717, 1.165) is 96.6 Å². The van der Waals surface area contributed by atoms with E-state index in [1.165, 1.54) is 16.7 Å². The van der Waals surface area contributed by atoms with E-state index in [4.69, 9.17) is 11.6 Å². The number of aryl methyl sites for hydroxylation is 1. The van der Waals surface area contributed by atoms with Gasteiger partial charge in [0.2, 0.25) is 0 Å². The van der Waals surface area contributed by atoms with Gasteiger partial charge in [-0.05, 0) is 30.2 Å². The normalized spacial score (nSPS) is 26.5. The lowest BCUT2D eigenvalue weighted by atomic mass is 9.96. The van der Waals surface area contributed by atoms with Gasteiger partial charge in [0, 0.05) is 96.6 Å². The molecule has 3 saturated heterocycles. The molecule has 2 aromatic carbocycles. The van der Waals surface area contributed by atoms with Gasteiger partial charge < -0.3 is 42.5 Å². The van der Waals surface area contributed by atoms with E-state index >= 15 is 0 Å². The molecule has 38 heavy (non-hydrogen) atoms. The summed E-state index contributed by atoms with van der Waals surface area (Å²) in [5, 5.41) is 31.0. The van der Waals surface area contributed by atoms with E-state index in [1.54, 1.807) is 0 Å². The third kappa shape index (κ3) is 9.55. The summed E-state index contributed by atoms with van der Waals surface area (Å²) in [7, 11) is 0. The van der Waals surface area contributed by atoms with Gasteiger partial charge in [-0.3, -0.25) is 0 Å². The van der Waals surface area contributed by atoms with Gasteiger partial charge in [-0.25, -0.2) is 0 Å². The van der Waals surface area contributed by atoms with Gasteiger partial charge in [-0.1, -0.05) is 53.6 Å². The number of nitrogens with one attached hydrogen (secondary N) is 8. The summed E-state index contributed by atoms with van der Waals surface area (Å²) >= 11 is 6.10. The van der Waals surface area contributed by atoms with Crippen molar-refractivity contribution >= 4 is 11.6 Å². The van der Waals surface area contributed by atoms with Crippen molar-refractivity contribution < 1.29 is 0 Å². The molecule has 0 aromatic heterocycles. The van der Waals surface area contributed by atoms with E-state index in [0.29, 0.717) is 0 Å². The molecule has 0 spiro atoms. The van der Waals surface area contributed by atoms with Gasteiger partial charge in [0.25, 0.3) is 0 Å². The average molecular weight is 543 g/mol. The Morgan fingerprint density at radius 1 is 0.553 bits per heavy atom. The van der Waals surface area contributed by atoms with E-state index < -0.39 is 0 Å². The summed E-state index contributed by atoms with van der Waals surface area (Å²) in [6.45, 7) is 14.6. The fraction of sp³-hybridized carbons (Fsp3) is 0.586. The minimum absolute atomic E-state index is 0.0942. The lowest BCUT2D eigenvalue weighted by Gasteiger charge is -2.39. The highest BCUT2D eigenvalue weighted by atomic mass is 35.5. The van der Waals surface area contributed by atoms with Gasteiger partial charge in [-0.2, -0.15) is 0 Å². The average Bonchev–Trinajstić information content (AvgIpc) is 2.93. The Bertz CT molecular complexity index is 816. The standard InChI is InChI=1S/C29H47ClN8/c1-24-2-4-25(5-3-24)16-37-28-18-31-10-13-34-21-29(22-35-14-11-32-19-28,23-36-15-12-33-20-28)38-17-26-6-8-27(30)9-7-26/h2-9,31-38H,10-23H2,1H3. The van der Waals surface area contributed by atoms with Crippen LogP contribution in [0.2, 0.25) is 5.02 Å². The predicted octanol–water partition coefficient (Wildman–Crippen LogP) is 0.570. The molecule has 0 aliphatic carbocycles. The van der Waals surface area contributed by atoms with E-state index in [1.807, 2.05) is 12.1 Å². The van der Waals surface area contributed by atoms with Crippen LogP contribution in [0, 0.1) is 6.92 Å². The van der Waals surface area contributed by atoms with Crippen LogP contribution in [0.15, 0.2) is 48.5 Å². The van der Waals surface area contributed by atoms with Crippen molar-refractivity contribution in [1.82, 2.24) is 42.5 Å². The molecule has 0 atom stereocenters. The zero-order valence-corrected chi connectivity index (χ0v) is 23.7. The minimum atomic E-state index is -0.118. The van der Waals surface area contributed by atoms with E-state index in [-0.39, 0.29) is 11.1 Å².